The van der Waals surface area contributed by atoms with Gasteiger partial charge in [0.05, 0.1) is 0 Å². The summed E-state index contributed by atoms with van der Waals surface area (Å²) < 4.78 is 23.2. The maximum absolute atomic E-state index is 6.89. The summed E-state index contributed by atoms with van der Waals surface area (Å²) in [5.74, 6) is 0. The first-order chi connectivity index (χ1) is 14.9. The van der Waals surface area contributed by atoms with E-state index in [1.807, 2.05) is 0 Å². The molecule has 0 amide bonds. The molecule has 1 aromatic rings. The Morgan fingerprint density at radius 3 is 1.33 bits per heavy atom. The third-order valence-electron chi connectivity index (χ3n) is 7.14. The van der Waals surface area contributed by atoms with E-state index in [0.717, 1.165) is 19.3 Å². The fraction of sp³-hybridized carbons (Fsp3) is 0.857. The monoisotopic (exact) mass is 543 g/mol. The van der Waals surface area contributed by atoms with Crippen molar-refractivity contribution in [3.05, 3.63) is 23.0 Å². The van der Waals surface area contributed by atoms with Crippen LogP contribution in [0.3, 0.4) is 0 Å². The van der Waals surface area contributed by atoms with E-state index in [-0.39, 0.29) is 34.6 Å². The SMILES string of the molecule is CCC(C)(C)c1cc(C(C)(C)CC)[n]([Zr]([O]C(C)C)([O]C(C)C)[O]C(C)C)c1C(C)(C)CC. The number of hydrogen-bond donors (Lipinski definition) is 0. The van der Waals surface area contributed by atoms with Crippen LogP contribution < -0.4 is 0 Å². The summed E-state index contributed by atoms with van der Waals surface area (Å²) in [4.78, 5) is 0. The summed E-state index contributed by atoms with van der Waals surface area (Å²) >= 11 is -4.39. The van der Waals surface area contributed by atoms with Gasteiger partial charge in [-0.3, -0.25) is 0 Å². The number of nitrogens with zero attached hydrogens (tertiary/aromatic N) is 1. The van der Waals surface area contributed by atoms with Crippen molar-refractivity contribution in [3.63, 3.8) is 0 Å². The van der Waals surface area contributed by atoms with E-state index in [0.29, 0.717) is 0 Å². The summed E-state index contributed by atoms with van der Waals surface area (Å²) in [6.07, 6.45) is 3.17. The first kappa shape index (κ1) is 31.1. The Kier molecular flexibility index (Phi) is 10.7. The second-order valence-corrected chi connectivity index (χ2v) is 17.8. The molecule has 0 fully saturated rings. The van der Waals surface area contributed by atoms with Gasteiger partial charge in [0.2, 0.25) is 0 Å². The quantitative estimate of drug-likeness (QED) is 0.249. The molecule has 0 aliphatic rings. The van der Waals surface area contributed by atoms with Crippen molar-refractivity contribution in [2.75, 3.05) is 0 Å². The minimum atomic E-state index is -4.39. The van der Waals surface area contributed by atoms with Gasteiger partial charge >= 0.3 is 214 Å². The molecule has 0 bridgehead atoms. The summed E-state index contributed by atoms with van der Waals surface area (Å²) in [7, 11) is 0. The van der Waals surface area contributed by atoms with Crippen LogP contribution in [-0.2, 0) is 46.6 Å². The van der Waals surface area contributed by atoms with Gasteiger partial charge in [-0.1, -0.05) is 0 Å². The van der Waals surface area contributed by atoms with E-state index in [1.54, 1.807) is 0 Å². The van der Waals surface area contributed by atoms with Gasteiger partial charge in [0.15, 0.2) is 0 Å². The zero-order valence-corrected chi connectivity index (χ0v) is 27.1. The molecule has 0 saturated carbocycles. The second-order valence-electron chi connectivity index (χ2n) is 12.4. The Balaban J connectivity index is 4.37. The first-order valence-corrected chi connectivity index (χ1v) is 17.3. The predicted octanol–water partition coefficient (Wildman–Crippen LogP) is 8.49. The normalized spacial score (nSPS) is 14.2. The van der Waals surface area contributed by atoms with Gasteiger partial charge in [0.1, 0.15) is 0 Å². The molecule has 0 saturated heterocycles. The number of hydrogen-bond acceptors (Lipinski definition) is 3. The van der Waals surface area contributed by atoms with E-state index in [9.17, 15) is 0 Å². The van der Waals surface area contributed by atoms with E-state index < -0.39 is 21.9 Å². The van der Waals surface area contributed by atoms with Crippen LogP contribution in [0.1, 0.15) is 140 Å². The van der Waals surface area contributed by atoms with Crippen LogP contribution in [0.5, 0.6) is 0 Å². The fourth-order valence-corrected chi connectivity index (χ4v) is 13.1. The third kappa shape index (κ3) is 7.05. The Labute approximate surface area is 212 Å². The van der Waals surface area contributed by atoms with Gasteiger partial charge in [0.25, 0.3) is 0 Å². The van der Waals surface area contributed by atoms with Crippen LogP contribution in [0, 0.1) is 0 Å². The molecule has 0 unspecified atom stereocenters. The third-order valence-corrected chi connectivity index (χ3v) is 15.3. The zero-order valence-electron chi connectivity index (χ0n) is 24.6. The Morgan fingerprint density at radius 1 is 0.667 bits per heavy atom. The standard InChI is InChI=1S/C19H34N.3C3H7O.Zr/c1-10-17(4,5)14-13-15(18(6,7)11-2)20-16(14)19(8,9)12-3;3*1-3(2)4;/h13H,10-12H2,1-9H3;3*3H,1-2H3;/q4*-1;+4. The fourth-order valence-electron chi connectivity index (χ4n) is 4.15. The number of rotatable bonds is 13. The van der Waals surface area contributed by atoms with Gasteiger partial charge in [0, 0.05) is 0 Å². The van der Waals surface area contributed by atoms with Crippen LogP contribution in [0.15, 0.2) is 6.07 Å². The molecule has 4 nitrogen and oxygen atoms in total. The maximum atomic E-state index is 6.89. The molecule has 0 radical (unpaired) electrons. The summed E-state index contributed by atoms with van der Waals surface area (Å²) in [6, 6.07) is 2.47. The summed E-state index contributed by atoms with van der Waals surface area (Å²) in [6.45, 7) is 33.7. The molecular formula is C28H55NO3Zr. The molecule has 0 aromatic carbocycles. The minimum absolute atomic E-state index is 0.0125. The molecule has 1 aromatic heterocycles. The molecule has 0 spiro atoms. The molecule has 0 aliphatic heterocycles. The van der Waals surface area contributed by atoms with Gasteiger partial charge in [-0.2, -0.15) is 0 Å². The van der Waals surface area contributed by atoms with E-state index in [1.165, 1.54) is 17.0 Å². The second kappa shape index (κ2) is 11.4. The van der Waals surface area contributed by atoms with Gasteiger partial charge in [-0.25, -0.2) is 0 Å². The van der Waals surface area contributed by atoms with Crippen LogP contribution in [-0.4, -0.2) is 20.8 Å². The van der Waals surface area contributed by atoms with Gasteiger partial charge in [-0.05, 0) is 0 Å². The van der Waals surface area contributed by atoms with Crippen molar-refractivity contribution >= 4 is 0 Å². The molecule has 1 rings (SSSR count). The summed E-state index contributed by atoms with van der Waals surface area (Å²) in [5.41, 5.74) is 4.02. The molecule has 194 valence electrons. The van der Waals surface area contributed by atoms with Crippen molar-refractivity contribution in [2.45, 2.75) is 158 Å². The average Bonchev–Trinajstić information content (AvgIpc) is 3.10. The Hall–Kier alpha value is 0.0431. The van der Waals surface area contributed by atoms with E-state index in [4.69, 9.17) is 8.44 Å². The molecule has 0 atom stereocenters. The topological polar surface area (TPSA) is 32.6 Å². The van der Waals surface area contributed by atoms with Crippen molar-refractivity contribution in [3.8, 4) is 0 Å². The van der Waals surface area contributed by atoms with Gasteiger partial charge < -0.3 is 0 Å². The first-order valence-electron chi connectivity index (χ1n) is 13.2. The van der Waals surface area contributed by atoms with Crippen molar-refractivity contribution < 1.29 is 30.3 Å². The van der Waals surface area contributed by atoms with Gasteiger partial charge in [-0.15, -0.1) is 0 Å². The molecule has 5 heteroatoms. The van der Waals surface area contributed by atoms with Crippen molar-refractivity contribution in [1.29, 1.82) is 0 Å². The van der Waals surface area contributed by atoms with E-state index in [2.05, 4.69) is 112 Å². The van der Waals surface area contributed by atoms with Crippen molar-refractivity contribution in [1.82, 2.24) is 2.51 Å². The van der Waals surface area contributed by atoms with E-state index >= 15 is 0 Å². The van der Waals surface area contributed by atoms with Crippen molar-refractivity contribution in [2.24, 2.45) is 0 Å². The Bertz CT molecular complexity index is 733. The van der Waals surface area contributed by atoms with Crippen LogP contribution in [0.25, 0.3) is 0 Å². The zero-order chi connectivity index (χ0) is 26.0. The van der Waals surface area contributed by atoms with Crippen LogP contribution in [0.2, 0.25) is 0 Å². The van der Waals surface area contributed by atoms with Crippen LogP contribution in [0.4, 0.5) is 0 Å². The summed E-state index contributed by atoms with van der Waals surface area (Å²) in [5, 5.41) is 0. The predicted molar refractivity (Wildman–Crippen MR) is 138 cm³/mol. The average molecular weight is 545 g/mol. The Morgan fingerprint density at radius 2 is 1.03 bits per heavy atom. The molecule has 0 N–H and O–H groups in total. The number of aromatic nitrogens is 1. The van der Waals surface area contributed by atoms with Crippen LogP contribution >= 0.6 is 0 Å². The molecular weight excluding hydrogens is 490 g/mol. The molecule has 1 heterocycles. The molecule has 0 aliphatic carbocycles. The molecule has 33 heavy (non-hydrogen) atoms.